The fraction of sp³-hybridized carbons (Fsp3) is 0.333. The molecule has 4 heterocycles. The van der Waals surface area contributed by atoms with Gasteiger partial charge < -0.3 is 13.5 Å². The average molecular weight is 472 g/mol. The molecule has 1 fully saturated rings. The minimum Gasteiger partial charge on any atom is -0.461 e. The van der Waals surface area contributed by atoms with Gasteiger partial charge in [0.1, 0.15) is 0 Å². The van der Waals surface area contributed by atoms with Crippen molar-refractivity contribution < 1.29 is 8.94 Å². The molecule has 32 heavy (non-hydrogen) atoms. The highest BCUT2D eigenvalue weighted by Crippen LogP contribution is 2.20. The Labute approximate surface area is 194 Å². The fourth-order valence-electron chi connectivity index (χ4n) is 3.71. The molecular weight excluding hydrogens is 450 g/mol. The van der Waals surface area contributed by atoms with Crippen LogP contribution in [0.25, 0.3) is 23.0 Å². The summed E-state index contributed by atoms with van der Waals surface area (Å²) < 4.78 is 15.3. The van der Waals surface area contributed by atoms with Crippen molar-refractivity contribution in [1.29, 1.82) is 0 Å². The largest absolute Gasteiger partial charge is 0.461 e. The molecule has 1 saturated heterocycles. The topological polar surface area (TPSA) is 81.3 Å². The second-order valence-corrected chi connectivity index (χ2v) is 8.50. The molecule has 5 rings (SSSR count). The predicted molar refractivity (Wildman–Crippen MR) is 121 cm³/mol. The molecule has 0 amide bonds. The lowest BCUT2D eigenvalue weighted by Crippen LogP contribution is -2.46. The minimum absolute atomic E-state index is 0.576. The quantitative estimate of drug-likeness (QED) is 0.394. The fourth-order valence-corrected chi connectivity index (χ4v) is 4.02. The van der Waals surface area contributed by atoms with Gasteiger partial charge in [-0.1, -0.05) is 16.8 Å². The van der Waals surface area contributed by atoms with Gasteiger partial charge in [0.05, 0.1) is 19.5 Å². The number of nitrogens with zero attached hydrogens (tertiary/aromatic N) is 7. The van der Waals surface area contributed by atoms with Crippen molar-refractivity contribution in [2.75, 3.05) is 26.2 Å². The Bertz CT molecular complexity index is 1240. The van der Waals surface area contributed by atoms with Gasteiger partial charge in [0.25, 0.3) is 0 Å². The Morgan fingerprint density at radius 3 is 2.53 bits per heavy atom. The molecule has 0 saturated carbocycles. The lowest BCUT2D eigenvalue weighted by molar-refractivity contribution is 0.0908. The molecule has 1 aliphatic heterocycles. The summed E-state index contributed by atoms with van der Waals surface area (Å²) in [4.78, 5) is 9.16. The van der Waals surface area contributed by atoms with Crippen LogP contribution in [0.3, 0.4) is 0 Å². The summed E-state index contributed by atoms with van der Waals surface area (Å²) in [6.45, 7) is 4.84. The Morgan fingerprint density at radius 1 is 1.06 bits per heavy atom. The van der Waals surface area contributed by atoms with Crippen molar-refractivity contribution in [3.63, 3.8) is 0 Å². The number of benzene rings is 1. The number of furan rings is 1. The van der Waals surface area contributed by atoms with Crippen molar-refractivity contribution in [2.24, 2.45) is 7.05 Å². The van der Waals surface area contributed by atoms with E-state index in [0.717, 1.165) is 37.6 Å². The first kappa shape index (κ1) is 21.1. The first-order valence-electron chi connectivity index (χ1n) is 10.3. The van der Waals surface area contributed by atoms with E-state index in [2.05, 4.69) is 25.0 Å². The standard InChI is InChI=1S/C21H22ClN7O2S/c1-26-20(17-3-2-12-30-17)24-29(21(26)32)14-28-10-8-27(9-11-28)13-18-23-19(25-31-18)15-4-6-16(22)7-5-15/h2-7,12H,8-11,13-14H2,1H3. The van der Waals surface area contributed by atoms with Gasteiger partial charge in [-0.05, 0) is 48.6 Å². The summed E-state index contributed by atoms with van der Waals surface area (Å²) in [5.74, 6) is 2.62. The number of hydrogen-bond acceptors (Lipinski definition) is 8. The Morgan fingerprint density at radius 2 is 1.81 bits per heavy atom. The molecule has 0 N–H and O–H groups in total. The SMILES string of the molecule is Cn1c(-c2ccco2)nn(CN2CCN(Cc3nc(-c4ccc(Cl)cc4)no3)CC2)c1=S. The van der Waals surface area contributed by atoms with Crippen LogP contribution in [0.2, 0.25) is 5.02 Å². The molecule has 166 valence electrons. The zero-order valence-electron chi connectivity index (χ0n) is 17.5. The van der Waals surface area contributed by atoms with Gasteiger partial charge in [0, 0.05) is 43.8 Å². The molecule has 4 aromatic rings. The van der Waals surface area contributed by atoms with Gasteiger partial charge in [0.2, 0.25) is 11.7 Å². The molecule has 0 unspecified atom stereocenters. The van der Waals surface area contributed by atoms with E-state index in [-0.39, 0.29) is 0 Å². The summed E-state index contributed by atoms with van der Waals surface area (Å²) in [6, 6.07) is 11.1. The highest BCUT2D eigenvalue weighted by molar-refractivity contribution is 7.71. The number of rotatable bonds is 6. The molecule has 0 atom stereocenters. The maximum absolute atomic E-state index is 5.95. The lowest BCUT2D eigenvalue weighted by Gasteiger charge is -2.33. The van der Waals surface area contributed by atoms with E-state index in [1.807, 2.05) is 52.7 Å². The first-order valence-corrected chi connectivity index (χ1v) is 11.1. The first-order chi connectivity index (χ1) is 15.6. The zero-order chi connectivity index (χ0) is 22.1. The van der Waals surface area contributed by atoms with Crippen molar-refractivity contribution in [1.82, 2.24) is 34.3 Å². The number of piperazine rings is 1. The van der Waals surface area contributed by atoms with Gasteiger partial charge in [-0.2, -0.15) is 4.98 Å². The van der Waals surface area contributed by atoms with E-state index in [1.165, 1.54) is 0 Å². The van der Waals surface area contributed by atoms with E-state index < -0.39 is 0 Å². The Kier molecular flexibility index (Phi) is 5.92. The van der Waals surface area contributed by atoms with Crippen molar-refractivity contribution in [2.45, 2.75) is 13.2 Å². The van der Waals surface area contributed by atoms with Crippen molar-refractivity contribution >= 4 is 23.8 Å². The monoisotopic (exact) mass is 471 g/mol. The van der Waals surface area contributed by atoms with E-state index in [9.17, 15) is 0 Å². The van der Waals surface area contributed by atoms with Gasteiger partial charge in [0.15, 0.2) is 16.4 Å². The summed E-state index contributed by atoms with van der Waals surface area (Å²) in [5, 5.41) is 9.43. The molecular formula is C21H22ClN7O2S. The third kappa shape index (κ3) is 4.40. The maximum atomic E-state index is 5.95. The van der Waals surface area contributed by atoms with Gasteiger partial charge >= 0.3 is 0 Å². The second-order valence-electron chi connectivity index (χ2n) is 7.70. The average Bonchev–Trinajstić information content (AvgIpc) is 3.54. The predicted octanol–water partition coefficient (Wildman–Crippen LogP) is 3.69. The third-order valence-electron chi connectivity index (χ3n) is 5.51. The van der Waals surface area contributed by atoms with Crippen molar-refractivity contribution in [3.8, 4) is 23.0 Å². The van der Waals surface area contributed by atoms with Crippen molar-refractivity contribution in [3.05, 3.63) is 58.3 Å². The number of hydrogen-bond donors (Lipinski definition) is 0. The van der Waals surface area contributed by atoms with Crippen LogP contribution in [0, 0.1) is 4.77 Å². The summed E-state index contributed by atoms with van der Waals surface area (Å²) >= 11 is 11.5. The van der Waals surface area contributed by atoms with E-state index in [0.29, 0.717) is 40.5 Å². The second kappa shape index (κ2) is 8.99. The molecule has 0 aliphatic carbocycles. The van der Waals surface area contributed by atoms with E-state index >= 15 is 0 Å². The third-order valence-corrected chi connectivity index (χ3v) is 6.25. The molecule has 0 bridgehead atoms. The minimum atomic E-state index is 0.576. The normalized spacial score (nSPS) is 15.4. The summed E-state index contributed by atoms with van der Waals surface area (Å²) in [7, 11) is 1.91. The van der Waals surface area contributed by atoms with Gasteiger partial charge in [-0.25, -0.2) is 4.68 Å². The summed E-state index contributed by atoms with van der Waals surface area (Å²) in [5.41, 5.74) is 0.884. The van der Waals surface area contributed by atoms with Crippen LogP contribution in [0.5, 0.6) is 0 Å². The maximum Gasteiger partial charge on any atom is 0.241 e. The molecule has 0 radical (unpaired) electrons. The van der Waals surface area contributed by atoms with E-state index in [1.54, 1.807) is 6.26 Å². The van der Waals surface area contributed by atoms with Crippen LogP contribution in [0.15, 0.2) is 51.6 Å². The van der Waals surface area contributed by atoms with Crippen LogP contribution in [0.4, 0.5) is 0 Å². The zero-order valence-corrected chi connectivity index (χ0v) is 19.1. The molecule has 0 spiro atoms. The molecule has 1 aliphatic rings. The van der Waals surface area contributed by atoms with Crippen LogP contribution in [-0.2, 0) is 20.3 Å². The van der Waals surface area contributed by atoms with E-state index in [4.69, 9.17) is 32.8 Å². The number of halogens is 1. The number of aromatic nitrogens is 5. The van der Waals surface area contributed by atoms with Crippen LogP contribution in [-0.4, -0.2) is 60.5 Å². The molecule has 11 heteroatoms. The Hall–Kier alpha value is -2.79. The van der Waals surface area contributed by atoms with Gasteiger partial charge in [-0.15, -0.1) is 5.10 Å². The van der Waals surface area contributed by atoms with Crippen LogP contribution >= 0.6 is 23.8 Å². The summed E-state index contributed by atoms with van der Waals surface area (Å²) in [6.07, 6.45) is 1.64. The van der Waals surface area contributed by atoms with Crippen LogP contribution < -0.4 is 0 Å². The molecule has 1 aromatic carbocycles. The smallest absolute Gasteiger partial charge is 0.241 e. The molecule has 9 nitrogen and oxygen atoms in total. The van der Waals surface area contributed by atoms with Gasteiger partial charge in [-0.3, -0.25) is 9.80 Å². The highest BCUT2D eigenvalue weighted by atomic mass is 35.5. The Balaban J connectivity index is 1.17. The van der Waals surface area contributed by atoms with Crippen LogP contribution in [0.1, 0.15) is 5.89 Å². The molecule has 3 aromatic heterocycles. The lowest BCUT2D eigenvalue weighted by atomic mass is 10.2. The highest BCUT2D eigenvalue weighted by Gasteiger charge is 2.21.